The third-order valence-electron chi connectivity index (χ3n) is 2.92. The maximum atomic E-state index is 12.1. The lowest BCUT2D eigenvalue weighted by Crippen LogP contribution is -2.30. The minimum atomic E-state index is -0.666. The molecule has 1 unspecified atom stereocenters. The topological polar surface area (TPSA) is 84.6 Å². The largest absolute Gasteiger partial charge is 0.481 e. The fourth-order valence-electron chi connectivity index (χ4n) is 1.84. The van der Waals surface area contributed by atoms with Gasteiger partial charge in [0.2, 0.25) is 0 Å². The molecule has 1 atom stereocenters. The van der Waals surface area contributed by atoms with Crippen molar-refractivity contribution in [1.82, 2.24) is 0 Å². The molecule has 0 aliphatic carbocycles. The Morgan fingerprint density at radius 1 is 1.29 bits per heavy atom. The van der Waals surface area contributed by atoms with Crippen LogP contribution in [0.4, 0.5) is 11.4 Å². The van der Waals surface area contributed by atoms with Crippen molar-refractivity contribution >= 4 is 17.3 Å². The third-order valence-corrected chi connectivity index (χ3v) is 2.92. The van der Waals surface area contributed by atoms with E-state index < -0.39 is 6.10 Å². The van der Waals surface area contributed by atoms with E-state index in [1.807, 2.05) is 0 Å². The number of nitrogens with one attached hydrogen (secondary N) is 1. The number of ether oxygens (including phenoxy) is 1. The fraction of sp³-hybridized carbons (Fsp3) is 0.188. The molecule has 1 amide bonds. The summed E-state index contributed by atoms with van der Waals surface area (Å²) in [5.41, 5.74) is 7.60. The molecule has 0 aliphatic heterocycles. The first-order valence-electron chi connectivity index (χ1n) is 6.61. The van der Waals surface area contributed by atoms with Gasteiger partial charge in [0.25, 0.3) is 5.91 Å². The van der Waals surface area contributed by atoms with Crippen LogP contribution >= 0.6 is 0 Å². The molecule has 0 aliphatic rings. The molecule has 5 heteroatoms. The molecule has 0 saturated heterocycles. The van der Waals surface area contributed by atoms with Crippen molar-refractivity contribution in [3.8, 4) is 5.75 Å². The minimum Gasteiger partial charge on any atom is -0.481 e. The van der Waals surface area contributed by atoms with Gasteiger partial charge in [-0.2, -0.15) is 0 Å². The lowest BCUT2D eigenvalue weighted by molar-refractivity contribution is -0.122. The van der Waals surface area contributed by atoms with Crippen LogP contribution in [0.25, 0.3) is 0 Å². The molecule has 2 aromatic rings. The van der Waals surface area contributed by atoms with E-state index in [2.05, 4.69) is 5.32 Å². The quantitative estimate of drug-likeness (QED) is 0.735. The van der Waals surface area contributed by atoms with Crippen molar-refractivity contribution < 1.29 is 14.6 Å². The van der Waals surface area contributed by atoms with Crippen LogP contribution in [-0.2, 0) is 11.4 Å². The highest BCUT2D eigenvalue weighted by molar-refractivity contribution is 5.94. The van der Waals surface area contributed by atoms with Gasteiger partial charge in [0.05, 0.1) is 6.61 Å². The molecular weight excluding hydrogens is 268 g/mol. The fourth-order valence-corrected chi connectivity index (χ4v) is 1.84. The summed E-state index contributed by atoms with van der Waals surface area (Å²) in [5.74, 6) is 0.270. The van der Waals surface area contributed by atoms with E-state index in [1.54, 1.807) is 55.5 Å². The molecule has 0 heterocycles. The van der Waals surface area contributed by atoms with Crippen molar-refractivity contribution in [2.24, 2.45) is 0 Å². The summed E-state index contributed by atoms with van der Waals surface area (Å²) < 4.78 is 5.57. The van der Waals surface area contributed by atoms with Gasteiger partial charge < -0.3 is 20.9 Å². The number of hydrogen-bond donors (Lipinski definition) is 3. The Morgan fingerprint density at radius 3 is 2.76 bits per heavy atom. The Kier molecular flexibility index (Phi) is 4.79. The first-order chi connectivity index (χ1) is 10.1. The van der Waals surface area contributed by atoms with Gasteiger partial charge in [0.1, 0.15) is 5.75 Å². The monoisotopic (exact) mass is 286 g/mol. The van der Waals surface area contributed by atoms with Crippen LogP contribution in [0.3, 0.4) is 0 Å². The van der Waals surface area contributed by atoms with E-state index in [0.29, 0.717) is 17.1 Å². The zero-order valence-electron chi connectivity index (χ0n) is 11.7. The lowest BCUT2D eigenvalue weighted by Gasteiger charge is -2.15. The summed E-state index contributed by atoms with van der Waals surface area (Å²) in [5, 5.41) is 11.8. The summed E-state index contributed by atoms with van der Waals surface area (Å²) in [6, 6.07) is 13.9. The Hall–Kier alpha value is -2.53. The van der Waals surface area contributed by atoms with Crippen molar-refractivity contribution in [1.29, 1.82) is 0 Å². The predicted molar refractivity (Wildman–Crippen MR) is 81.9 cm³/mol. The summed E-state index contributed by atoms with van der Waals surface area (Å²) in [7, 11) is 0. The van der Waals surface area contributed by atoms with E-state index in [9.17, 15) is 4.79 Å². The van der Waals surface area contributed by atoms with Crippen LogP contribution < -0.4 is 15.8 Å². The summed E-state index contributed by atoms with van der Waals surface area (Å²) in [4.78, 5) is 12.1. The molecule has 0 spiro atoms. The molecular formula is C16H18N2O3. The molecule has 0 radical (unpaired) electrons. The molecule has 0 bridgehead atoms. The van der Waals surface area contributed by atoms with E-state index in [-0.39, 0.29) is 12.5 Å². The van der Waals surface area contributed by atoms with Crippen LogP contribution in [0.5, 0.6) is 5.75 Å². The second-order valence-corrected chi connectivity index (χ2v) is 4.68. The van der Waals surface area contributed by atoms with Gasteiger partial charge in [-0.15, -0.1) is 0 Å². The standard InChI is InChI=1S/C16H18N2O3/c1-11(21-15-7-2-4-12(8-15)10-19)16(20)18-14-6-3-5-13(17)9-14/h2-9,11,19H,10,17H2,1H3,(H,18,20). The Labute approximate surface area is 123 Å². The smallest absolute Gasteiger partial charge is 0.265 e. The number of amides is 1. The number of nitrogens with two attached hydrogens (primary N) is 1. The molecule has 0 aromatic heterocycles. The number of rotatable bonds is 5. The van der Waals surface area contributed by atoms with E-state index in [4.69, 9.17) is 15.6 Å². The number of carbonyl (C=O) groups excluding carboxylic acids is 1. The highest BCUT2D eigenvalue weighted by Gasteiger charge is 2.15. The van der Waals surface area contributed by atoms with Gasteiger partial charge in [0, 0.05) is 11.4 Å². The average molecular weight is 286 g/mol. The first kappa shape index (κ1) is 14.9. The zero-order chi connectivity index (χ0) is 15.2. The minimum absolute atomic E-state index is 0.0684. The number of aliphatic hydroxyl groups is 1. The normalized spacial score (nSPS) is 11.7. The van der Waals surface area contributed by atoms with Crippen LogP contribution in [0.1, 0.15) is 12.5 Å². The van der Waals surface area contributed by atoms with Gasteiger partial charge in [-0.1, -0.05) is 18.2 Å². The van der Waals surface area contributed by atoms with Crippen LogP contribution in [0.2, 0.25) is 0 Å². The third kappa shape index (κ3) is 4.22. The highest BCUT2D eigenvalue weighted by atomic mass is 16.5. The van der Waals surface area contributed by atoms with Crippen molar-refractivity contribution in [3.05, 3.63) is 54.1 Å². The van der Waals surface area contributed by atoms with Gasteiger partial charge in [-0.3, -0.25) is 4.79 Å². The Balaban J connectivity index is 1.99. The van der Waals surface area contributed by atoms with Gasteiger partial charge >= 0.3 is 0 Å². The predicted octanol–water partition coefficient (Wildman–Crippen LogP) is 2.17. The average Bonchev–Trinajstić information content (AvgIpc) is 2.47. The van der Waals surface area contributed by atoms with Crippen molar-refractivity contribution in [2.45, 2.75) is 19.6 Å². The number of aliphatic hydroxyl groups excluding tert-OH is 1. The van der Waals surface area contributed by atoms with Crippen LogP contribution in [0, 0.1) is 0 Å². The zero-order valence-corrected chi connectivity index (χ0v) is 11.7. The van der Waals surface area contributed by atoms with Crippen molar-refractivity contribution in [3.63, 3.8) is 0 Å². The van der Waals surface area contributed by atoms with Gasteiger partial charge in [-0.05, 0) is 42.8 Å². The van der Waals surface area contributed by atoms with Gasteiger partial charge in [0.15, 0.2) is 6.10 Å². The molecule has 21 heavy (non-hydrogen) atoms. The number of nitrogen functional groups attached to an aromatic ring is 1. The van der Waals surface area contributed by atoms with E-state index in [0.717, 1.165) is 5.56 Å². The van der Waals surface area contributed by atoms with E-state index in [1.165, 1.54) is 0 Å². The second-order valence-electron chi connectivity index (χ2n) is 4.68. The molecule has 2 aromatic carbocycles. The van der Waals surface area contributed by atoms with Crippen LogP contribution in [-0.4, -0.2) is 17.1 Å². The number of anilines is 2. The Bertz CT molecular complexity index is 628. The highest BCUT2D eigenvalue weighted by Crippen LogP contribution is 2.16. The first-order valence-corrected chi connectivity index (χ1v) is 6.61. The summed E-state index contributed by atoms with van der Waals surface area (Å²) in [6.45, 7) is 1.59. The second kappa shape index (κ2) is 6.76. The van der Waals surface area contributed by atoms with Crippen molar-refractivity contribution in [2.75, 3.05) is 11.1 Å². The van der Waals surface area contributed by atoms with Crippen LogP contribution in [0.15, 0.2) is 48.5 Å². The SMILES string of the molecule is CC(Oc1cccc(CO)c1)C(=O)Nc1cccc(N)c1. The summed E-state index contributed by atoms with van der Waals surface area (Å²) in [6.07, 6.45) is -0.666. The number of benzene rings is 2. The maximum absolute atomic E-state index is 12.1. The van der Waals surface area contributed by atoms with E-state index >= 15 is 0 Å². The maximum Gasteiger partial charge on any atom is 0.265 e. The molecule has 0 fully saturated rings. The summed E-state index contributed by atoms with van der Waals surface area (Å²) >= 11 is 0. The number of hydrogen-bond acceptors (Lipinski definition) is 4. The number of carbonyl (C=O) groups is 1. The molecule has 0 saturated carbocycles. The Morgan fingerprint density at radius 2 is 2.05 bits per heavy atom. The molecule has 5 nitrogen and oxygen atoms in total. The van der Waals surface area contributed by atoms with Gasteiger partial charge in [-0.25, -0.2) is 0 Å². The lowest BCUT2D eigenvalue weighted by atomic mass is 10.2. The molecule has 110 valence electrons. The molecule has 4 N–H and O–H groups in total. The molecule has 2 rings (SSSR count).